The molecule has 35 heavy (non-hydrogen) atoms. The molecule has 7 nitrogen and oxygen atoms in total. The number of anilines is 2. The van der Waals surface area contributed by atoms with Crippen LogP contribution in [0.4, 0.5) is 11.4 Å². The van der Waals surface area contributed by atoms with Crippen molar-refractivity contribution in [2.75, 3.05) is 10.2 Å². The first kappa shape index (κ1) is 22.7. The Hall–Kier alpha value is -4.04. The molecule has 1 fully saturated rings. The van der Waals surface area contributed by atoms with Crippen molar-refractivity contribution in [2.45, 2.75) is 32.9 Å². The van der Waals surface area contributed by atoms with Gasteiger partial charge in [-0.2, -0.15) is 0 Å². The number of thiocarbonyl (C=S) groups is 1. The van der Waals surface area contributed by atoms with Gasteiger partial charge in [0.15, 0.2) is 5.11 Å². The molecule has 2 N–H and O–H groups in total. The molecule has 0 unspecified atom stereocenters. The maximum atomic E-state index is 11.5. The smallest absolute Gasteiger partial charge is 0.221 e. The molecule has 0 radical (unpaired) electrons. The first-order valence-corrected chi connectivity index (χ1v) is 11.8. The lowest BCUT2D eigenvalue weighted by atomic mass is 9.96. The number of nitrogens with one attached hydrogen (secondary N) is 2. The zero-order valence-electron chi connectivity index (χ0n) is 19.8. The Morgan fingerprint density at radius 3 is 2.34 bits per heavy atom. The van der Waals surface area contributed by atoms with Gasteiger partial charge in [-0.25, -0.2) is 4.98 Å². The fourth-order valence-corrected chi connectivity index (χ4v) is 5.13. The molecule has 4 aromatic rings. The molecule has 4 heterocycles. The minimum atomic E-state index is -0.142. The van der Waals surface area contributed by atoms with Crippen LogP contribution >= 0.6 is 12.2 Å². The molecule has 0 bridgehead atoms. The number of hydrogen-bond acceptors (Lipinski definition) is 4. The zero-order valence-corrected chi connectivity index (χ0v) is 20.6. The van der Waals surface area contributed by atoms with Gasteiger partial charge in [-0.3, -0.25) is 9.78 Å². The lowest BCUT2D eigenvalue weighted by Gasteiger charge is -2.28. The van der Waals surface area contributed by atoms with Crippen molar-refractivity contribution in [2.24, 2.45) is 0 Å². The van der Waals surface area contributed by atoms with Crippen LogP contribution in [0.1, 0.15) is 41.7 Å². The molecular weight excluding hydrogens is 456 g/mol. The van der Waals surface area contributed by atoms with Crippen molar-refractivity contribution in [3.63, 3.8) is 0 Å². The van der Waals surface area contributed by atoms with Crippen LogP contribution in [0.5, 0.6) is 0 Å². The first-order valence-electron chi connectivity index (χ1n) is 11.4. The predicted octanol–water partition coefficient (Wildman–Crippen LogP) is 5.02. The van der Waals surface area contributed by atoms with E-state index >= 15 is 0 Å². The summed E-state index contributed by atoms with van der Waals surface area (Å²) in [6.45, 7) is 5.71. The van der Waals surface area contributed by atoms with E-state index in [-0.39, 0.29) is 18.0 Å². The summed E-state index contributed by atoms with van der Waals surface area (Å²) in [5.74, 6) is 0.772. The molecule has 5 rings (SSSR count). The van der Waals surface area contributed by atoms with E-state index in [1.54, 1.807) is 12.4 Å². The highest BCUT2D eigenvalue weighted by atomic mass is 32.1. The second-order valence-corrected chi connectivity index (χ2v) is 8.96. The summed E-state index contributed by atoms with van der Waals surface area (Å²) in [5, 5.41) is 6.96. The van der Waals surface area contributed by atoms with Crippen LogP contribution in [-0.4, -0.2) is 25.6 Å². The monoisotopic (exact) mass is 482 g/mol. The van der Waals surface area contributed by atoms with E-state index in [9.17, 15) is 4.79 Å². The number of carbonyl (C=O) groups is 1. The highest BCUT2D eigenvalue weighted by Crippen LogP contribution is 2.43. The van der Waals surface area contributed by atoms with E-state index in [0.29, 0.717) is 5.11 Å². The summed E-state index contributed by atoms with van der Waals surface area (Å²) >= 11 is 5.85. The molecule has 0 saturated carbocycles. The van der Waals surface area contributed by atoms with Gasteiger partial charge in [0.1, 0.15) is 5.82 Å². The van der Waals surface area contributed by atoms with Gasteiger partial charge in [-0.1, -0.05) is 12.1 Å². The highest BCUT2D eigenvalue weighted by molar-refractivity contribution is 7.80. The second-order valence-electron chi connectivity index (χ2n) is 8.57. The fourth-order valence-electron chi connectivity index (χ4n) is 4.78. The van der Waals surface area contributed by atoms with Crippen LogP contribution < -0.4 is 15.5 Å². The summed E-state index contributed by atoms with van der Waals surface area (Å²) < 4.78 is 2.17. The van der Waals surface area contributed by atoms with Crippen LogP contribution in [0.25, 0.3) is 5.82 Å². The number of benzene rings is 1. The standard InChI is InChI=1S/C27H26N6OS/c1-17-16-22(18(2)32(17)24-9-5-7-15-29-24)26-25(23-8-4-6-14-28-23)31-27(35)33(26)21-12-10-20(11-13-21)30-19(3)34/h4-16,25-26H,1-3H3,(H,30,34)(H,31,35)/t25-,26+/m1/s1. The van der Waals surface area contributed by atoms with Crippen molar-refractivity contribution in [3.05, 3.63) is 102 Å². The van der Waals surface area contributed by atoms with Crippen LogP contribution in [0.3, 0.4) is 0 Å². The van der Waals surface area contributed by atoms with Gasteiger partial charge in [0.05, 0.1) is 17.8 Å². The van der Waals surface area contributed by atoms with E-state index in [1.165, 1.54) is 6.92 Å². The normalized spacial score (nSPS) is 17.3. The number of aryl methyl sites for hydroxylation is 1. The minimum absolute atomic E-state index is 0.105. The summed E-state index contributed by atoms with van der Waals surface area (Å²) in [4.78, 5) is 22.8. The molecule has 0 aliphatic carbocycles. The van der Waals surface area contributed by atoms with E-state index in [4.69, 9.17) is 12.2 Å². The average Bonchev–Trinajstić information content (AvgIpc) is 3.35. The van der Waals surface area contributed by atoms with Crippen LogP contribution in [0, 0.1) is 13.8 Å². The number of amides is 1. The maximum Gasteiger partial charge on any atom is 0.221 e. The number of rotatable bonds is 5. The third-order valence-electron chi connectivity index (χ3n) is 6.23. The van der Waals surface area contributed by atoms with Gasteiger partial charge in [0.2, 0.25) is 5.91 Å². The molecule has 3 aromatic heterocycles. The Morgan fingerprint density at radius 2 is 1.71 bits per heavy atom. The minimum Gasteiger partial charge on any atom is -0.351 e. The number of hydrogen-bond donors (Lipinski definition) is 2. The van der Waals surface area contributed by atoms with Gasteiger partial charge in [0.25, 0.3) is 0 Å². The molecule has 1 saturated heterocycles. The third-order valence-corrected chi connectivity index (χ3v) is 6.55. The Morgan fingerprint density at radius 1 is 1.00 bits per heavy atom. The Balaban J connectivity index is 1.63. The Labute approximate surface area is 209 Å². The zero-order chi connectivity index (χ0) is 24.5. The third kappa shape index (κ3) is 4.28. The van der Waals surface area contributed by atoms with E-state index in [1.807, 2.05) is 60.7 Å². The number of aromatic nitrogens is 3. The predicted molar refractivity (Wildman–Crippen MR) is 142 cm³/mol. The van der Waals surface area contributed by atoms with Crippen molar-refractivity contribution in [1.29, 1.82) is 0 Å². The lowest BCUT2D eigenvalue weighted by molar-refractivity contribution is -0.114. The molecule has 8 heteroatoms. The van der Waals surface area contributed by atoms with Crippen molar-refractivity contribution >= 4 is 34.6 Å². The number of pyridine rings is 2. The molecule has 176 valence electrons. The van der Waals surface area contributed by atoms with Crippen molar-refractivity contribution < 1.29 is 4.79 Å². The summed E-state index contributed by atoms with van der Waals surface area (Å²) in [6.07, 6.45) is 3.61. The number of carbonyl (C=O) groups excluding carboxylic acids is 1. The summed E-state index contributed by atoms with van der Waals surface area (Å²) in [5.41, 5.74) is 5.92. The average molecular weight is 483 g/mol. The SMILES string of the molecule is CC(=O)Nc1ccc(N2C(=S)N[C@H](c3ccccn3)[C@@H]2c2cc(C)n(-c3ccccn3)c2C)cc1. The molecule has 0 spiro atoms. The lowest BCUT2D eigenvalue weighted by Crippen LogP contribution is -2.29. The summed E-state index contributed by atoms with van der Waals surface area (Å²) in [6, 6.07) is 21.5. The van der Waals surface area contributed by atoms with Gasteiger partial charge in [0, 0.05) is 42.1 Å². The molecule has 1 aliphatic heterocycles. The first-order chi connectivity index (χ1) is 16.9. The van der Waals surface area contributed by atoms with Crippen molar-refractivity contribution in [3.8, 4) is 5.82 Å². The molecule has 1 aromatic carbocycles. The van der Waals surface area contributed by atoms with Gasteiger partial charge in [-0.05, 0) is 86.2 Å². The second kappa shape index (κ2) is 9.31. The molecule has 1 amide bonds. The number of nitrogens with zero attached hydrogens (tertiary/aromatic N) is 4. The largest absolute Gasteiger partial charge is 0.351 e. The van der Waals surface area contributed by atoms with Crippen molar-refractivity contribution in [1.82, 2.24) is 19.9 Å². The van der Waals surface area contributed by atoms with E-state index < -0.39 is 0 Å². The van der Waals surface area contributed by atoms with Crippen LogP contribution in [-0.2, 0) is 4.79 Å². The van der Waals surface area contributed by atoms with Gasteiger partial charge >= 0.3 is 0 Å². The highest BCUT2D eigenvalue weighted by Gasteiger charge is 2.42. The maximum absolute atomic E-state index is 11.5. The van der Waals surface area contributed by atoms with Gasteiger partial charge < -0.3 is 20.1 Å². The Bertz CT molecular complexity index is 1370. The molecular formula is C27H26N6OS. The van der Waals surface area contributed by atoms with E-state index in [0.717, 1.165) is 39.8 Å². The molecule has 1 aliphatic rings. The summed E-state index contributed by atoms with van der Waals surface area (Å²) in [7, 11) is 0. The fraction of sp³-hybridized carbons (Fsp3) is 0.185. The quantitative estimate of drug-likeness (QED) is 0.389. The van der Waals surface area contributed by atoms with Crippen LogP contribution in [0.2, 0.25) is 0 Å². The Kier molecular flexibility index (Phi) is 6.05. The van der Waals surface area contributed by atoms with Gasteiger partial charge in [-0.15, -0.1) is 0 Å². The van der Waals surface area contributed by atoms with Crippen LogP contribution in [0.15, 0.2) is 79.1 Å². The van der Waals surface area contributed by atoms with E-state index in [2.05, 4.69) is 50.0 Å². The molecule has 2 atom stereocenters. The topological polar surface area (TPSA) is 75.1 Å².